The smallest absolute Gasteiger partial charge is 0.238 e. The van der Waals surface area contributed by atoms with Crippen molar-refractivity contribution in [3.05, 3.63) is 96.1 Å². The summed E-state index contributed by atoms with van der Waals surface area (Å²) in [6.07, 6.45) is 0. The molecule has 1 amide bonds. The van der Waals surface area contributed by atoms with Crippen LogP contribution in [0.25, 0.3) is 22.2 Å². The van der Waals surface area contributed by atoms with Gasteiger partial charge >= 0.3 is 0 Å². The topological polar surface area (TPSA) is 48.1 Å². The minimum Gasteiger partial charge on any atom is -0.354 e. The van der Waals surface area contributed by atoms with Crippen LogP contribution >= 0.6 is 0 Å². The van der Waals surface area contributed by atoms with Crippen LogP contribution in [0.15, 0.2) is 84.9 Å². The summed E-state index contributed by atoms with van der Waals surface area (Å²) in [5.41, 5.74) is 5.89. The molecule has 0 saturated heterocycles. The van der Waals surface area contributed by atoms with Gasteiger partial charge in [-0.15, -0.1) is 0 Å². The number of amides is 1. The van der Waals surface area contributed by atoms with E-state index in [1.807, 2.05) is 19.1 Å². The molecular weight excluding hydrogens is 382 g/mol. The molecule has 1 heterocycles. The highest BCUT2D eigenvalue weighted by atomic mass is 16.2. The Hall–Kier alpha value is -3.37. The third-order valence-electron chi connectivity index (χ3n) is 5.80. The number of carbonyl (C=O) groups excluding carboxylic acids is 1. The number of aromatic nitrogens is 1. The first-order chi connectivity index (χ1) is 15.1. The van der Waals surface area contributed by atoms with Gasteiger partial charge in [-0.1, -0.05) is 78.9 Å². The molecule has 4 rings (SSSR count). The molecular formula is C27H29N3O. The van der Waals surface area contributed by atoms with E-state index >= 15 is 0 Å². The predicted molar refractivity (Wildman–Crippen MR) is 128 cm³/mol. The van der Waals surface area contributed by atoms with Crippen LogP contribution in [-0.4, -0.2) is 42.5 Å². The SMILES string of the molecule is C[C@@H](NC[C@H](c1ccccc1)c1c(-c2ccccc2)[nH]c2ccccc12)C(=O)N(C)C. The van der Waals surface area contributed by atoms with E-state index in [0.717, 1.165) is 16.8 Å². The largest absolute Gasteiger partial charge is 0.354 e. The van der Waals surface area contributed by atoms with Crippen LogP contribution in [0.4, 0.5) is 0 Å². The second-order valence-corrected chi connectivity index (χ2v) is 8.15. The number of nitrogens with zero attached hydrogens (tertiary/aromatic N) is 1. The molecule has 0 aliphatic rings. The maximum atomic E-state index is 12.4. The van der Waals surface area contributed by atoms with E-state index in [4.69, 9.17) is 0 Å². The summed E-state index contributed by atoms with van der Waals surface area (Å²) in [6, 6.07) is 29.2. The van der Waals surface area contributed by atoms with E-state index in [0.29, 0.717) is 6.54 Å². The number of fused-ring (bicyclic) bond motifs is 1. The lowest BCUT2D eigenvalue weighted by atomic mass is 9.87. The molecule has 0 aliphatic heterocycles. The first kappa shape index (κ1) is 20.9. The van der Waals surface area contributed by atoms with Gasteiger partial charge in [-0.3, -0.25) is 4.79 Å². The molecule has 0 radical (unpaired) electrons. The van der Waals surface area contributed by atoms with Gasteiger partial charge in [0.15, 0.2) is 0 Å². The molecule has 0 unspecified atom stereocenters. The van der Waals surface area contributed by atoms with E-state index in [-0.39, 0.29) is 17.9 Å². The Morgan fingerprint density at radius 1 is 0.903 bits per heavy atom. The number of likely N-dealkylation sites (N-methyl/N-ethyl adjacent to an activating group) is 1. The van der Waals surface area contributed by atoms with Crippen LogP contribution in [0.5, 0.6) is 0 Å². The summed E-state index contributed by atoms with van der Waals surface area (Å²) in [6.45, 7) is 2.59. The summed E-state index contributed by atoms with van der Waals surface area (Å²) in [5.74, 6) is 0.166. The monoisotopic (exact) mass is 411 g/mol. The zero-order valence-electron chi connectivity index (χ0n) is 18.3. The number of aromatic amines is 1. The summed E-state index contributed by atoms with van der Waals surface area (Å²) >= 11 is 0. The van der Waals surface area contributed by atoms with Gasteiger partial charge in [0.2, 0.25) is 5.91 Å². The van der Waals surface area contributed by atoms with Gasteiger partial charge in [-0.05, 0) is 29.7 Å². The number of carbonyl (C=O) groups is 1. The third kappa shape index (κ3) is 4.39. The Labute approximate surface area is 183 Å². The van der Waals surface area contributed by atoms with E-state index in [2.05, 4.69) is 83.1 Å². The molecule has 158 valence electrons. The number of nitrogens with one attached hydrogen (secondary N) is 2. The molecule has 2 atom stereocenters. The van der Waals surface area contributed by atoms with Crippen molar-refractivity contribution in [3.8, 4) is 11.3 Å². The molecule has 2 N–H and O–H groups in total. The van der Waals surface area contributed by atoms with Crippen LogP contribution in [-0.2, 0) is 4.79 Å². The van der Waals surface area contributed by atoms with Gasteiger partial charge in [0.25, 0.3) is 0 Å². The Kier molecular flexibility index (Phi) is 6.19. The number of hydrogen-bond acceptors (Lipinski definition) is 2. The third-order valence-corrected chi connectivity index (χ3v) is 5.80. The second-order valence-electron chi connectivity index (χ2n) is 8.15. The standard InChI is InChI=1S/C27H29N3O/c1-19(27(31)30(2)3)28-18-23(20-12-6-4-7-13-20)25-22-16-10-11-17-24(22)29-26(25)21-14-8-5-9-15-21/h4-17,19,23,28-29H,18H2,1-3H3/t19-,23-/m1/s1. The van der Waals surface area contributed by atoms with Crippen LogP contribution in [0.2, 0.25) is 0 Å². The minimum absolute atomic E-state index is 0.0778. The molecule has 31 heavy (non-hydrogen) atoms. The fraction of sp³-hybridized carbons (Fsp3) is 0.222. The van der Waals surface area contributed by atoms with E-state index < -0.39 is 0 Å². The zero-order chi connectivity index (χ0) is 21.8. The van der Waals surface area contributed by atoms with E-state index in [1.165, 1.54) is 16.5 Å². The highest BCUT2D eigenvalue weighted by Crippen LogP contribution is 2.38. The van der Waals surface area contributed by atoms with E-state index in [1.54, 1.807) is 19.0 Å². The first-order valence-electron chi connectivity index (χ1n) is 10.7. The van der Waals surface area contributed by atoms with Crippen molar-refractivity contribution in [2.24, 2.45) is 0 Å². The number of para-hydroxylation sites is 1. The first-order valence-corrected chi connectivity index (χ1v) is 10.7. The predicted octanol–water partition coefficient (Wildman–Crippen LogP) is 5.03. The van der Waals surface area contributed by atoms with Crippen LogP contribution in [0.1, 0.15) is 24.0 Å². The Bertz CT molecular complexity index is 1150. The lowest BCUT2D eigenvalue weighted by Crippen LogP contribution is -2.43. The fourth-order valence-electron chi connectivity index (χ4n) is 4.20. The number of hydrogen-bond donors (Lipinski definition) is 2. The number of rotatable bonds is 7. The minimum atomic E-state index is -0.258. The molecule has 4 aromatic rings. The average molecular weight is 412 g/mol. The van der Waals surface area contributed by atoms with Crippen LogP contribution in [0.3, 0.4) is 0 Å². The van der Waals surface area contributed by atoms with Crippen molar-refractivity contribution in [1.29, 1.82) is 0 Å². The molecule has 0 aliphatic carbocycles. The van der Waals surface area contributed by atoms with Gasteiger partial charge in [-0.2, -0.15) is 0 Å². The van der Waals surface area contributed by atoms with Gasteiger partial charge < -0.3 is 15.2 Å². The molecule has 4 nitrogen and oxygen atoms in total. The fourth-order valence-corrected chi connectivity index (χ4v) is 4.20. The van der Waals surface area contributed by atoms with Crippen molar-refractivity contribution in [2.75, 3.05) is 20.6 Å². The van der Waals surface area contributed by atoms with Crippen molar-refractivity contribution in [1.82, 2.24) is 15.2 Å². The lowest BCUT2D eigenvalue weighted by Gasteiger charge is -2.24. The van der Waals surface area contributed by atoms with Gasteiger partial charge in [0.1, 0.15) is 0 Å². The van der Waals surface area contributed by atoms with Crippen LogP contribution in [0, 0.1) is 0 Å². The second kappa shape index (κ2) is 9.19. The van der Waals surface area contributed by atoms with Crippen molar-refractivity contribution in [2.45, 2.75) is 18.9 Å². The maximum Gasteiger partial charge on any atom is 0.238 e. The van der Waals surface area contributed by atoms with Crippen molar-refractivity contribution in [3.63, 3.8) is 0 Å². The molecule has 3 aromatic carbocycles. The highest BCUT2D eigenvalue weighted by molar-refractivity contribution is 5.92. The normalized spacial score (nSPS) is 13.1. The van der Waals surface area contributed by atoms with Gasteiger partial charge in [0, 0.05) is 37.5 Å². The summed E-state index contributed by atoms with van der Waals surface area (Å²) in [4.78, 5) is 17.7. The molecule has 4 heteroatoms. The average Bonchev–Trinajstić information content (AvgIpc) is 3.19. The van der Waals surface area contributed by atoms with Crippen molar-refractivity contribution >= 4 is 16.8 Å². The summed E-state index contributed by atoms with van der Waals surface area (Å²) in [5, 5.41) is 4.70. The van der Waals surface area contributed by atoms with Gasteiger partial charge in [-0.25, -0.2) is 0 Å². The van der Waals surface area contributed by atoms with Crippen molar-refractivity contribution < 1.29 is 4.79 Å². The molecule has 0 fully saturated rings. The lowest BCUT2D eigenvalue weighted by molar-refractivity contribution is -0.130. The summed E-state index contributed by atoms with van der Waals surface area (Å²) < 4.78 is 0. The molecule has 0 saturated carbocycles. The molecule has 0 spiro atoms. The maximum absolute atomic E-state index is 12.4. The Morgan fingerprint density at radius 3 is 2.19 bits per heavy atom. The zero-order valence-corrected chi connectivity index (χ0v) is 18.3. The molecule has 1 aromatic heterocycles. The number of benzene rings is 3. The highest BCUT2D eigenvalue weighted by Gasteiger charge is 2.25. The summed E-state index contributed by atoms with van der Waals surface area (Å²) in [7, 11) is 3.59. The van der Waals surface area contributed by atoms with E-state index in [9.17, 15) is 4.79 Å². The van der Waals surface area contributed by atoms with Crippen LogP contribution < -0.4 is 5.32 Å². The Balaban J connectivity index is 1.82. The van der Waals surface area contributed by atoms with Gasteiger partial charge in [0.05, 0.1) is 11.7 Å². The molecule has 0 bridgehead atoms. The quantitative estimate of drug-likeness (QED) is 0.448. The number of H-pyrrole nitrogens is 1. The Morgan fingerprint density at radius 2 is 1.52 bits per heavy atom.